The number of nitrogens with zero attached hydrogens (tertiary/aromatic N) is 1. The Morgan fingerprint density at radius 1 is 1.19 bits per heavy atom. The second-order valence-corrected chi connectivity index (χ2v) is 7.48. The lowest BCUT2D eigenvalue weighted by molar-refractivity contribution is -0.122. The number of hydrogen-bond donors (Lipinski definition) is 2. The van der Waals surface area contributed by atoms with Crippen LogP contribution in [0.4, 0.5) is 17.1 Å². The number of carbonyl (C=O) groups excluding carboxylic acids is 3. The third-order valence-electron chi connectivity index (χ3n) is 4.19. The molecule has 0 aromatic heterocycles. The van der Waals surface area contributed by atoms with Gasteiger partial charge in [-0.25, -0.2) is 0 Å². The van der Waals surface area contributed by atoms with Crippen molar-refractivity contribution < 1.29 is 14.4 Å². The van der Waals surface area contributed by atoms with E-state index >= 15 is 0 Å². The number of halogens is 2. The molecular weight excluding hydrogens is 434 g/mol. The standard InChI is InChI=1S/C19H17BrClN3O3/c1-11(25)22-16-7-6-13(9-15(16)21)23-19(27)12-8-18(26)24(10-12)17-5-3-2-4-14(17)20/h2-7,9,12H,8,10H2,1H3,(H,22,25)(H,23,27)/t12-/m1/s1. The summed E-state index contributed by atoms with van der Waals surface area (Å²) in [6.45, 7) is 1.70. The average Bonchev–Trinajstić information content (AvgIpc) is 2.99. The Balaban J connectivity index is 1.69. The van der Waals surface area contributed by atoms with Crippen molar-refractivity contribution in [3.05, 3.63) is 52.0 Å². The molecule has 1 aliphatic rings. The van der Waals surface area contributed by atoms with Crippen LogP contribution in [0.25, 0.3) is 0 Å². The molecule has 0 radical (unpaired) electrons. The van der Waals surface area contributed by atoms with E-state index in [0.717, 1.165) is 10.2 Å². The van der Waals surface area contributed by atoms with Crippen LogP contribution in [0.1, 0.15) is 13.3 Å². The highest BCUT2D eigenvalue weighted by Gasteiger charge is 2.35. The summed E-state index contributed by atoms with van der Waals surface area (Å²) < 4.78 is 0.805. The van der Waals surface area contributed by atoms with Gasteiger partial charge in [0.2, 0.25) is 17.7 Å². The van der Waals surface area contributed by atoms with E-state index in [1.165, 1.54) is 6.92 Å². The molecule has 1 saturated heterocycles. The molecule has 0 saturated carbocycles. The number of hydrogen-bond acceptors (Lipinski definition) is 3. The van der Waals surface area contributed by atoms with Crippen LogP contribution < -0.4 is 15.5 Å². The molecule has 0 bridgehead atoms. The fraction of sp³-hybridized carbons (Fsp3) is 0.211. The number of carbonyl (C=O) groups is 3. The van der Waals surface area contributed by atoms with Crippen LogP contribution in [-0.2, 0) is 14.4 Å². The number of amides is 3. The van der Waals surface area contributed by atoms with Crippen molar-refractivity contribution in [3.63, 3.8) is 0 Å². The minimum absolute atomic E-state index is 0.0962. The number of para-hydroxylation sites is 1. The maximum atomic E-state index is 12.6. The van der Waals surface area contributed by atoms with Crippen LogP contribution in [0.15, 0.2) is 46.9 Å². The van der Waals surface area contributed by atoms with Crippen LogP contribution in [0.2, 0.25) is 5.02 Å². The summed E-state index contributed by atoms with van der Waals surface area (Å²) in [5.74, 6) is -1.04. The Morgan fingerprint density at radius 2 is 1.93 bits per heavy atom. The maximum absolute atomic E-state index is 12.6. The van der Waals surface area contributed by atoms with Gasteiger partial charge in [0.25, 0.3) is 0 Å². The van der Waals surface area contributed by atoms with E-state index in [0.29, 0.717) is 22.9 Å². The Bertz CT molecular complexity index is 919. The molecule has 1 aliphatic heterocycles. The molecule has 2 N–H and O–H groups in total. The molecule has 0 unspecified atom stereocenters. The molecule has 8 heteroatoms. The van der Waals surface area contributed by atoms with E-state index in [1.807, 2.05) is 24.3 Å². The van der Waals surface area contributed by atoms with Gasteiger partial charge in [0.05, 0.1) is 22.3 Å². The lowest BCUT2D eigenvalue weighted by Crippen LogP contribution is -2.28. The van der Waals surface area contributed by atoms with Gasteiger partial charge in [-0.05, 0) is 46.3 Å². The van der Waals surface area contributed by atoms with E-state index in [9.17, 15) is 14.4 Å². The Hall–Kier alpha value is -2.38. The topological polar surface area (TPSA) is 78.5 Å². The van der Waals surface area contributed by atoms with Crippen molar-refractivity contribution in [2.75, 3.05) is 22.1 Å². The molecule has 0 spiro atoms. The summed E-state index contributed by atoms with van der Waals surface area (Å²) in [5.41, 5.74) is 1.73. The van der Waals surface area contributed by atoms with Crippen molar-refractivity contribution in [1.29, 1.82) is 0 Å². The summed E-state index contributed by atoms with van der Waals surface area (Å²) in [7, 11) is 0. The van der Waals surface area contributed by atoms with Crippen molar-refractivity contribution in [1.82, 2.24) is 0 Å². The first kappa shape index (κ1) is 19.4. The molecule has 27 heavy (non-hydrogen) atoms. The third kappa shape index (κ3) is 4.48. The summed E-state index contributed by atoms with van der Waals surface area (Å²) >= 11 is 9.56. The Labute approximate surface area is 170 Å². The molecule has 1 atom stereocenters. The van der Waals surface area contributed by atoms with Crippen molar-refractivity contribution in [2.45, 2.75) is 13.3 Å². The molecule has 3 rings (SSSR count). The number of benzene rings is 2. The van der Waals surface area contributed by atoms with Gasteiger partial charge < -0.3 is 15.5 Å². The van der Waals surface area contributed by atoms with Crippen LogP contribution >= 0.6 is 27.5 Å². The first-order valence-corrected chi connectivity index (χ1v) is 9.45. The van der Waals surface area contributed by atoms with Gasteiger partial charge in [0, 0.05) is 30.0 Å². The van der Waals surface area contributed by atoms with Crippen molar-refractivity contribution >= 4 is 62.3 Å². The SMILES string of the molecule is CC(=O)Nc1ccc(NC(=O)[C@@H]2CC(=O)N(c3ccccc3Br)C2)cc1Cl. The molecule has 2 aromatic rings. The summed E-state index contributed by atoms with van der Waals surface area (Å²) in [6.07, 6.45) is 0.144. The van der Waals surface area contributed by atoms with Gasteiger partial charge in [-0.3, -0.25) is 14.4 Å². The lowest BCUT2D eigenvalue weighted by Gasteiger charge is -2.18. The van der Waals surface area contributed by atoms with Crippen LogP contribution in [0.5, 0.6) is 0 Å². The van der Waals surface area contributed by atoms with Crippen LogP contribution in [0.3, 0.4) is 0 Å². The molecule has 6 nitrogen and oxygen atoms in total. The first-order valence-electron chi connectivity index (χ1n) is 8.28. The summed E-state index contributed by atoms with van der Waals surface area (Å²) in [6, 6.07) is 12.2. The highest BCUT2D eigenvalue weighted by molar-refractivity contribution is 9.10. The number of anilines is 3. The van der Waals surface area contributed by atoms with E-state index in [4.69, 9.17) is 11.6 Å². The van der Waals surface area contributed by atoms with Gasteiger partial charge in [-0.2, -0.15) is 0 Å². The van der Waals surface area contributed by atoms with Crippen molar-refractivity contribution in [2.24, 2.45) is 5.92 Å². The fourth-order valence-corrected chi connectivity index (χ4v) is 3.64. The van der Waals surface area contributed by atoms with Gasteiger partial charge in [0.15, 0.2) is 0 Å². The molecule has 2 aromatic carbocycles. The zero-order chi connectivity index (χ0) is 19.6. The molecule has 3 amide bonds. The minimum atomic E-state index is -0.460. The molecular formula is C19H17BrClN3O3. The normalized spacial score (nSPS) is 16.3. The molecule has 1 heterocycles. The highest BCUT2D eigenvalue weighted by atomic mass is 79.9. The second-order valence-electron chi connectivity index (χ2n) is 6.22. The largest absolute Gasteiger partial charge is 0.326 e. The predicted molar refractivity (Wildman–Crippen MR) is 109 cm³/mol. The number of rotatable bonds is 4. The van der Waals surface area contributed by atoms with Gasteiger partial charge >= 0.3 is 0 Å². The van der Waals surface area contributed by atoms with E-state index in [1.54, 1.807) is 23.1 Å². The summed E-state index contributed by atoms with van der Waals surface area (Å²) in [4.78, 5) is 37.7. The highest BCUT2D eigenvalue weighted by Crippen LogP contribution is 2.32. The quantitative estimate of drug-likeness (QED) is 0.737. The van der Waals surface area contributed by atoms with Crippen LogP contribution in [-0.4, -0.2) is 24.3 Å². The predicted octanol–water partition coefficient (Wildman–Crippen LogP) is 4.05. The number of nitrogens with one attached hydrogen (secondary N) is 2. The molecule has 1 fully saturated rings. The van der Waals surface area contributed by atoms with Crippen molar-refractivity contribution in [3.8, 4) is 0 Å². The zero-order valence-corrected chi connectivity index (χ0v) is 16.8. The van der Waals surface area contributed by atoms with Gasteiger partial charge in [-0.15, -0.1) is 0 Å². The smallest absolute Gasteiger partial charge is 0.229 e. The molecule has 0 aliphatic carbocycles. The fourth-order valence-electron chi connectivity index (χ4n) is 2.91. The molecule has 140 valence electrons. The Morgan fingerprint density at radius 3 is 2.59 bits per heavy atom. The summed E-state index contributed by atoms with van der Waals surface area (Å²) in [5, 5.41) is 5.71. The van der Waals surface area contributed by atoms with E-state index in [-0.39, 0.29) is 24.1 Å². The van der Waals surface area contributed by atoms with Gasteiger partial charge in [-0.1, -0.05) is 23.7 Å². The monoisotopic (exact) mass is 449 g/mol. The maximum Gasteiger partial charge on any atom is 0.229 e. The minimum Gasteiger partial charge on any atom is -0.326 e. The van der Waals surface area contributed by atoms with Crippen LogP contribution in [0, 0.1) is 5.92 Å². The van der Waals surface area contributed by atoms with E-state index < -0.39 is 5.92 Å². The zero-order valence-electron chi connectivity index (χ0n) is 14.5. The van der Waals surface area contributed by atoms with Gasteiger partial charge in [0.1, 0.15) is 0 Å². The Kier molecular flexibility index (Phi) is 5.82. The third-order valence-corrected chi connectivity index (χ3v) is 5.17. The first-order chi connectivity index (χ1) is 12.8. The second kappa shape index (κ2) is 8.10. The lowest BCUT2D eigenvalue weighted by atomic mass is 10.1. The van der Waals surface area contributed by atoms with E-state index in [2.05, 4.69) is 26.6 Å². The average molecular weight is 451 g/mol.